The molecule has 1 saturated heterocycles. The number of hydrogen-bond donors (Lipinski definition) is 0. The number of aryl methyl sites for hydroxylation is 1. The number of carbonyl (C=O) groups excluding carboxylic acids is 1. The summed E-state index contributed by atoms with van der Waals surface area (Å²) in [4.78, 5) is 19.8. The van der Waals surface area contributed by atoms with Gasteiger partial charge in [-0.3, -0.25) is 14.5 Å². The third-order valence-corrected chi connectivity index (χ3v) is 5.83. The van der Waals surface area contributed by atoms with E-state index in [4.69, 9.17) is 0 Å². The number of nitrogens with zero attached hydrogens (tertiary/aromatic N) is 6. The van der Waals surface area contributed by atoms with Gasteiger partial charge in [0.25, 0.3) is 5.91 Å². The normalized spacial score (nSPS) is 16.8. The van der Waals surface area contributed by atoms with Crippen molar-refractivity contribution in [3.8, 4) is 11.4 Å². The lowest BCUT2D eigenvalue weighted by Crippen LogP contribution is -2.44. The Kier molecular flexibility index (Phi) is 5.01. The zero-order valence-corrected chi connectivity index (χ0v) is 16.8. The molecule has 1 atom stereocenters. The molecule has 0 spiro atoms. The number of fused-ring (bicyclic) bond motifs is 1. The Bertz CT molecular complexity index is 1130. The zero-order valence-electron chi connectivity index (χ0n) is 16.8. The van der Waals surface area contributed by atoms with Crippen molar-refractivity contribution in [1.82, 2.24) is 29.3 Å². The Hall–Kier alpha value is -3.48. The average Bonchev–Trinajstić information content (AvgIpc) is 3.49. The van der Waals surface area contributed by atoms with Gasteiger partial charge in [-0.2, -0.15) is 10.2 Å². The second kappa shape index (κ2) is 8.10. The van der Waals surface area contributed by atoms with Crippen LogP contribution in [0.2, 0.25) is 0 Å². The van der Waals surface area contributed by atoms with Crippen LogP contribution in [0.4, 0.5) is 0 Å². The first-order valence-corrected chi connectivity index (χ1v) is 10.5. The summed E-state index contributed by atoms with van der Waals surface area (Å²) >= 11 is 0. The third-order valence-electron chi connectivity index (χ3n) is 5.83. The highest BCUT2D eigenvalue weighted by atomic mass is 16.2. The van der Waals surface area contributed by atoms with Crippen molar-refractivity contribution in [2.45, 2.75) is 38.3 Å². The van der Waals surface area contributed by atoms with Crippen molar-refractivity contribution >= 4 is 11.4 Å². The van der Waals surface area contributed by atoms with E-state index in [1.165, 1.54) is 6.42 Å². The van der Waals surface area contributed by atoms with Gasteiger partial charge in [-0.15, -0.1) is 0 Å². The quantitative estimate of drug-likeness (QED) is 0.513. The molecule has 5 rings (SSSR count). The number of piperidine rings is 1. The van der Waals surface area contributed by atoms with Crippen LogP contribution in [0.15, 0.2) is 67.3 Å². The molecule has 152 valence electrons. The van der Waals surface area contributed by atoms with Crippen LogP contribution in [0.5, 0.6) is 0 Å². The lowest BCUT2D eigenvalue weighted by molar-refractivity contribution is 0.0593. The average molecular weight is 400 g/mol. The van der Waals surface area contributed by atoms with Gasteiger partial charge in [0.15, 0.2) is 0 Å². The van der Waals surface area contributed by atoms with Crippen molar-refractivity contribution in [1.29, 1.82) is 0 Å². The number of rotatable bonds is 5. The van der Waals surface area contributed by atoms with Crippen molar-refractivity contribution < 1.29 is 4.79 Å². The van der Waals surface area contributed by atoms with Crippen LogP contribution in [0, 0.1) is 0 Å². The maximum absolute atomic E-state index is 13.2. The van der Waals surface area contributed by atoms with Crippen molar-refractivity contribution in [2.24, 2.45) is 0 Å². The Morgan fingerprint density at radius 1 is 1.03 bits per heavy atom. The van der Waals surface area contributed by atoms with Crippen molar-refractivity contribution in [3.63, 3.8) is 0 Å². The van der Waals surface area contributed by atoms with Gasteiger partial charge in [-0.1, -0.05) is 6.07 Å². The van der Waals surface area contributed by atoms with E-state index in [0.29, 0.717) is 5.56 Å². The molecule has 1 amide bonds. The number of amides is 1. The van der Waals surface area contributed by atoms with Crippen LogP contribution < -0.4 is 0 Å². The lowest BCUT2D eigenvalue weighted by atomic mass is 9.98. The summed E-state index contributed by atoms with van der Waals surface area (Å²) in [7, 11) is 0. The molecule has 0 aromatic carbocycles. The fourth-order valence-electron chi connectivity index (χ4n) is 4.26. The maximum atomic E-state index is 13.2. The van der Waals surface area contributed by atoms with Gasteiger partial charge in [0.05, 0.1) is 28.7 Å². The minimum atomic E-state index is 0.0662. The Morgan fingerprint density at radius 2 is 2.00 bits per heavy atom. The number of pyridine rings is 2. The molecule has 4 aromatic heterocycles. The molecule has 0 N–H and O–H groups in total. The second-order valence-electron chi connectivity index (χ2n) is 7.72. The van der Waals surface area contributed by atoms with Crippen molar-refractivity contribution in [2.75, 3.05) is 6.54 Å². The highest BCUT2D eigenvalue weighted by Crippen LogP contribution is 2.24. The number of likely N-dealkylation sites (tertiary alicyclic amines) is 1. The van der Waals surface area contributed by atoms with Crippen LogP contribution in [-0.4, -0.2) is 47.8 Å². The summed E-state index contributed by atoms with van der Waals surface area (Å²) in [5, 5.41) is 8.65. The largest absolute Gasteiger partial charge is 0.336 e. The smallest absolute Gasteiger partial charge is 0.255 e. The van der Waals surface area contributed by atoms with Gasteiger partial charge < -0.3 is 4.90 Å². The van der Waals surface area contributed by atoms with E-state index in [1.54, 1.807) is 18.6 Å². The summed E-state index contributed by atoms with van der Waals surface area (Å²) in [6.07, 6.45) is 11.4. The first-order chi connectivity index (χ1) is 14.8. The first-order valence-electron chi connectivity index (χ1n) is 10.5. The molecule has 0 saturated carbocycles. The molecule has 1 aliphatic heterocycles. The highest BCUT2D eigenvalue weighted by molar-refractivity contribution is 5.94. The van der Waals surface area contributed by atoms with Gasteiger partial charge in [0, 0.05) is 37.7 Å². The van der Waals surface area contributed by atoms with Crippen LogP contribution >= 0.6 is 0 Å². The van der Waals surface area contributed by atoms with Gasteiger partial charge in [-0.05, 0) is 62.1 Å². The van der Waals surface area contributed by atoms with Gasteiger partial charge in [-0.25, -0.2) is 4.52 Å². The molecule has 0 unspecified atom stereocenters. The molecule has 7 heteroatoms. The van der Waals surface area contributed by atoms with E-state index in [9.17, 15) is 4.79 Å². The first kappa shape index (κ1) is 18.5. The van der Waals surface area contributed by atoms with E-state index < -0.39 is 0 Å². The van der Waals surface area contributed by atoms with Crippen LogP contribution in [-0.2, 0) is 6.54 Å². The predicted molar refractivity (Wildman–Crippen MR) is 114 cm³/mol. The van der Waals surface area contributed by atoms with E-state index in [2.05, 4.69) is 15.2 Å². The summed E-state index contributed by atoms with van der Waals surface area (Å²) in [5.41, 5.74) is 3.36. The molecule has 7 nitrogen and oxygen atoms in total. The standard InChI is InChI=1S/C23H24N6O/c30-23(28-15-2-1-5-19(28)11-16-27-14-4-12-25-27)18-8-9-21(24-17-18)22-7-3-6-20-10-13-26-29(20)22/h3-4,6-10,12-14,17,19H,1-2,5,11,15-16H2/t19-/m0/s1. The molecule has 30 heavy (non-hydrogen) atoms. The van der Waals surface area contributed by atoms with E-state index in [-0.39, 0.29) is 11.9 Å². The summed E-state index contributed by atoms with van der Waals surface area (Å²) in [6, 6.07) is 13.9. The molecule has 4 aromatic rings. The number of aromatic nitrogens is 5. The molecule has 5 heterocycles. The Labute approximate surface area is 175 Å². The van der Waals surface area contributed by atoms with E-state index in [0.717, 1.165) is 49.3 Å². The van der Waals surface area contributed by atoms with Gasteiger partial charge >= 0.3 is 0 Å². The second-order valence-corrected chi connectivity index (χ2v) is 7.72. The molecule has 0 aliphatic carbocycles. The molecule has 0 radical (unpaired) electrons. The number of hydrogen-bond acceptors (Lipinski definition) is 4. The summed E-state index contributed by atoms with van der Waals surface area (Å²) in [5.74, 6) is 0.0662. The summed E-state index contributed by atoms with van der Waals surface area (Å²) < 4.78 is 3.79. The summed E-state index contributed by atoms with van der Waals surface area (Å²) in [6.45, 7) is 1.63. The topological polar surface area (TPSA) is 68.3 Å². The van der Waals surface area contributed by atoms with Crippen LogP contribution in [0.3, 0.4) is 0 Å². The molecular formula is C23H24N6O. The van der Waals surface area contributed by atoms with Crippen LogP contribution in [0.25, 0.3) is 16.9 Å². The third kappa shape index (κ3) is 3.58. The minimum Gasteiger partial charge on any atom is -0.336 e. The monoisotopic (exact) mass is 400 g/mol. The Morgan fingerprint density at radius 3 is 2.83 bits per heavy atom. The minimum absolute atomic E-state index is 0.0662. The highest BCUT2D eigenvalue weighted by Gasteiger charge is 2.27. The fraction of sp³-hybridized carbons (Fsp3) is 0.304. The lowest BCUT2D eigenvalue weighted by Gasteiger charge is -2.36. The van der Waals surface area contributed by atoms with E-state index >= 15 is 0 Å². The maximum Gasteiger partial charge on any atom is 0.255 e. The molecular weight excluding hydrogens is 376 g/mol. The molecule has 1 fully saturated rings. The van der Waals surface area contributed by atoms with Gasteiger partial charge in [0.1, 0.15) is 0 Å². The van der Waals surface area contributed by atoms with Gasteiger partial charge in [0.2, 0.25) is 0 Å². The SMILES string of the molecule is O=C(c1ccc(-c2cccc3ccnn23)nc1)N1CCCC[C@H]1CCn1cccn1. The van der Waals surface area contributed by atoms with Crippen molar-refractivity contribution in [3.05, 3.63) is 72.8 Å². The zero-order chi connectivity index (χ0) is 20.3. The molecule has 0 bridgehead atoms. The Balaban J connectivity index is 1.34. The number of carbonyl (C=O) groups is 1. The van der Waals surface area contributed by atoms with Crippen LogP contribution in [0.1, 0.15) is 36.0 Å². The fourth-order valence-corrected chi connectivity index (χ4v) is 4.26. The molecule has 1 aliphatic rings. The van der Waals surface area contributed by atoms with E-state index in [1.807, 2.05) is 62.8 Å². The predicted octanol–water partition coefficient (Wildman–Crippen LogP) is 3.68.